The Labute approximate surface area is 315 Å². The summed E-state index contributed by atoms with van der Waals surface area (Å²) in [5, 5.41) is 0. The summed E-state index contributed by atoms with van der Waals surface area (Å²) in [5.74, 6) is 0.573. The predicted octanol–water partition coefficient (Wildman–Crippen LogP) is 6.28. The Hall–Kier alpha value is -1.40. The molecule has 2 aromatic rings. The van der Waals surface area contributed by atoms with Gasteiger partial charge >= 0.3 is 59.5 Å². The molecule has 1 fully saturated rings. The van der Waals surface area contributed by atoms with Crippen LogP contribution in [0.1, 0.15) is 148 Å². The van der Waals surface area contributed by atoms with Gasteiger partial charge in [0.15, 0.2) is 0 Å². The van der Waals surface area contributed by atoms with Crippen molar-refractivity contribution in [3.63, 3.8) is 0 Å². The minimum absolute atomic E-state index is 0. The zero-order chi connectivity index (χ0) is 32.7. The van der Waals surface area contributed by atoms with E-state index in [9.17, 15) is 0 Å². The van der Waals surface area contributed by atoms with E-state index in [4.69, 9.17) is 0 Å². The molecule has 1 atom stereocenters. The number of rotatable bonds is 1. The SMILES string of the molecule is CC1=C[CH-]C(C)(C)c2cc3c(cc21)-c1cc2c(cc1C3)C(C)(C)CC=C2C.CCC1[C-]=CC(C(C)(C)C)=C1.[Cl-].[Cl-].[Zr+2]=[C]1CCCCC1. The van der Waals surface area contributed by atoms with Crippen LogP contribution in [-0.4, -0.2) is 3.21 Å². The van der Waals surface area contributed by atoms with Gasteiger partial charge in [-0.25, -0.2) is 18.6 Å². The summed E-state index contributed by atoms with van der Waals surface area (Å²) in [5.41, 5.74) is 16.7. The number of hydrogen-bond acceptors (Lipinski definition) is 0. The molecular weight excluding hydrogens is 691 g/mol. The molecule has 7 rings (SSSR count). The molecule has 0 heterocycles. The average Bonchev–Trinajstić information content (AvgIpc) is 3.62. The molecule has 1 unspecified atom stereocenters. The molecule has 0 saturated heterocycles. The summed E-state index contributed by atoms with van der Waals surface area (Å²) in [4.78, 5) is 0. The van der Waals surface area contributed by atoms with Crippen LogP contribution in [0.3, 0.4) is 0 Å². The number of halogens is 2. The third kappa shape index (κ3) is 8.86. The first-order chi connectivity index (χ1) is 21.1. The molecule has 5 aliphatic rings. The molecule has 3 heteroatoms. The second-order valence-corrected chi connectivity index (χ2v) is 18.1. The third-order valence-electron chi connectivity index (χ3n) is 10.7. The van der Waals surface area contributed by atoms with Gasteiger partial charge in [-0.2, -0.15) is 17.2 Å². The zero-order valence-corrected chi connectivity index (χ0v) is 34.7. The van der Waals surface area contributed by atoms with Gasteiger partial charge in [0.1, 0.15) is 0 Å². The second kappa shape index (κ2) is 15.7. The quantitative estimate of drug-likeness (QED) is 0.258. The van der Waals surface area contributed by atoms with Crippen molar-refractivity contribution in [2.75, 3.05) is 0 Å². The Morgan fingerprint density at radius 3 is 1.89 bits per heavy atom. The van der Waals surface area contributed by atoms with Gasteiger partial charge in [-0.05, 0) is 70.2 Å². The van der Waals surface area contributed by atoms with Crippen LogP contribution < -0.4 is 24.8 Å². The average molecular weight is 747 g/mol. The molecule has 0 N–H and O–H groups in total. The van der Waals surface area contributed by atoms with Gasteiger partial charge < -0.3 is 24.8 Å². The molecular formula is C44H56Cl2Zr-2. The second-order valence-electron chi connectivity index (χ2n) is 16.4. The number of fused-ring (bicyclic) bond motifs is 5. The first-order valence-corrected chi connectivity index (χ1v) is 18.8. The van der Waals surface area contributed by atoms with Crippen molar-refractivity contribution in [2.45, 2.75) is 131 Å². The zero-order valence-electron chi connectivity index (χ0n) is 30.7. The van der Waals surface area contributed by atoms with E-state index in [0.29, 0.717) is 11.3 Å². The molecule has 0 aliphatic heterocycles. The molecule has 2 aromatic carbocycles. The van der Waals surface area contributed by atoms with E-state index in [1.165, 1.54) is 99.8 Å². The fraction of sp³-hybridized carbons (Fsp3) is 0.500. The molecule has 0 nitrogen and oxygen atoms in total. The summed E-state index contributed by atoms with van der Waals surface area (Å²) in [6.07, 6.45) is 25.6. The van der Waals surface area contributed by atoms with E-state index >= 15 is 0 Å². The van der Waals surface area contributed by atoms with Crippen LogP contribution in [-0.2, 0) is 41.5 Å². The van der Waals surface area contributed by atoms with Crippen molar-refractivity contribution in [1.29, 1.82) is 0 Å². The number of allylic oxidation sites excluding steroid dienone is 8. The van der Waals surface area contributed by atoms with Crippen molar-refractivity contribution in [3.05, 3.63) is 100 Å². The van der Waals surface area contributed by atoms with E-state index in [1.54, 1.807) is 27.4 Å². The maximum absolute atomic E-state index is 3.35. The maximum atomic E-state index is 3.35. The number of hydrogen-bond donors (Lipinski definition) is 0. The third-order valence-corrected chi connectivity index (χ3v) is 11.9. The van der Waals surface area contributed by atoms with Crippen molar-refractivity contribution < 1.29 is 49.0 Å². The van der Waals surface area contributed by atoms with Crippen molar-refractivity contribution in [2.24, 2.45) is 11.3 Å². The van der Waals surface area contributed by atoms with Gasteiger partial charge in [0.2, 0.25) is 0 Å². The van der Waals surface area contributed by atoms with E-state index in [1.807, 2.05) is 0 Å². The van der Waals surface area contributed by atoms with Gasteiger partial charge in [0, 0.05) is 0 Å². The summed E-state index contributed by atoms with van der Waals surface area (Å²) < 4.78 is 1.80. The van der Waals surface area contributed by atoms with Gasteiger partial charge in [0.05, 0.1) is 0 Å². The molecule has 1 saturated carbocycles. The van der Waals surface area contributed by atoms with Gasteiger partial charge in [-0.1, -0.05) is 108 Å². The van der Waals surface area contributed by atoms with Gasteiger partial charge in [-0.15, -0.1) is 12.5 Å². The summed E-state index contributed by atoms with van der Waals surface area (Å²) in [6, 6.07) is 9.95. The van der Waals surface area contributed by atoms with Gasteiger partial charge in [0.25, 0.3) is 0 Å². The Kier molecular flexibility index (Phi) is 13.3. The Balaban J connectivity index is 0.000000249. The molecule has 5 aliphatic carbocycles. The van der Waals surface area contributed by atoms with E-state index in [0.717, 1.165) is 12.8 Å². The molecule has 252 valence electrons. The minimum atomic E-state index is 0. The van der Waals surface area contributed by atoms with Crippen LogP contribution in [0.2, 0.25) is 0 Å². The fourth-order valence-electron chi connectivity index (χ4n) is 7.37. The van der Waals surface area contributed by atoms with Crippen LogP contribution >= 0.6 is 0 Å². The van der Waals surface area contributed by atoms with Crippen molar-refractivity contribution in [1.82, 2.24) is 0 Å². The topological polar surface area (TPSA) is 0 Å². The van der Waals surface area contributed by atoms with E-state index in [-0.39, 0.29) is 35.6 Å². The first kappa shape index (κ1) is 40.0. The first-order valence-electron chi connectivity index (χ1n) is 17.5. The molecule has 0 aromatic heterocycles. The summed E-state index contributed by atoms with van der Waals surface area (Å²) >= 11 is 1.69. The molecule has 0 spiro atoms. The summed E-state index contributed by atoms with van der Waals surface area (Å²) in [7, 11) is 0. The van der Waals surface area contributed by atoms with Crippen molar-refractivity contribution in [3.8, 4) is 11.1 Å². The van der Waals surface area contributed by atoms with Crippen LogP contribution in [0.25, 0.3) is 22.3 Å². The fourth-order valence-corrected chi connectivity index (χ4v) is 8.23. The Bertz CT molecular complexity index is 1510. The molecule has 47 heavy (non-hydrogen) atoms. The van der Waals surface area contributed by atoms with Crippen molar-refractivity contribution >= 4 is 14.4 Å². The van der Waals surface area contributed by atoms with Crippen LogP contribution in [0.15, 0.2) is 54.1 Å². The van der Waals surface area contributed by atoms with E-state index < -0.39 is 0 Å². The standard InChI is InChI=1S/C27H29.C11H17.C6H10.2ClH.Zr/c1-16-7-9-26(3,4)24-12-18-11-19-13-25-21(17(2)8-10-27(25,5)6)15-23(19)22(18)14-20(16)24;1-5-9-6-7-10(8-9)11(2,3)4;1-2-4-6-5-3-1;;;/h7-9,12-15H,10-11H2,1-6H3;7-9H,5H2,1-4H3;1-5H2;2*1H;/q2*-1;;;;+2/p-2. The normalized spacial score (nSPS) is 20.8. The summed E-state index contributed by atoms with van der Waals surface area (Å²) in [6.45, 7) is 22.9. The van der Waals surface area contributed by atoms with Gasteiger partial charge in [-0.3, -0.25) is 6.08 Å². The monoisotopic (exact) mass is 744 g/mol. The van der Waals surface area contributed by atoms with Crippen LogP contribution in [0, 0.1) is 23.8 Å². The predicted molar refractivity (Wildman–Crippen MR) is 194 cm³/mol. The molecule has 0 amide bonds. The Morgan fingerprint density at radius 2 is 1.40 bits per heavy atom. The Morgan fingerprint density at radius 1 is 0.830 bits per heavy atom. The van der Waals surface area contributed by atoms with Crippen LogP contribution in [0.5, 0.6) is 0 Å². The molecule has 0 radical (unpaired) electrons. The van der Waals surface area contributed by atoms with E-state index in [2.05, 4.69) is 130 Å². The van der Waals surface area contributed by atoms with Crippen LogP contribution in [0.4, 0.5) is 0 Å². The number of benzene rings is 2. The molecule has 0 bridgehead atoms.